The minimum atomic E-state index is -0.178. The first kappa shape index (κ1) is 18.1. The van der Waals surface area contributed by atoms with Crippen LogP contribution >= 0.6 is 12.4 Å². The number of nitrogens with two attached hydrogens (primary N) is 1. The van der Waals surface area contributed by atoms with Crippen molar-refractivity contribution in [3.05, 3.63) is 42.2 Å². The molecular formula is C15H22ClN5O. The Morgan fingerprint density at radius 2 is 2.00 bits per heavy atom. The zero-order chi connectivity index (χ0) is 15.2. The molecule has 6 nitrogen and oxygen atoms in total. The molecule has 0 saturated carbocycles. The van der Waals surface area contributed by atoms with Gasteiger partial charge < -0.3 is 11.1 Å². The number of amides is 1. The molecule has 0 aliphatic rings. The summed E-state index contributed by atoms with van der Waals surface area (Å²) in [7, 11) is 0. The molecule has 0 aliphatic heterocycles. The van der Waals surface area contributed by atoms with Crippen molar-refractivity contribution in [1.82, 2.24) is 20.3 Å². The Labute approximate surface area is 136 Å². The van der Waals surface area contributed by atoms with Crippen LogP contribution in [0.3, 0.4) is 0 Å². The van der Waals surface area contributed by atoms with Crippen molar-refractivity contribution in [3.8, 4) is 5.69 Å². The lowest BCUT2D eigenvalue weighted by molar-refractivity contribution is -0.121. The SMILES string of the molecule is CC(N)CCC(=O)NC(C)c1cn(-c2ccccc2)nn1.Cl. The van der Waals surface area contributed by atoms with Crippen molar-refractivity contribution in [1.29, 1.82) is 0 Å². The molecule has 2 rings (SSSR count). The second-order valence-electron chi connectivity index (χ2n) is 5.23. The average molecular weight is 324 g/mol. The molecule has 0 fully saturated rings. The molecule has 0 bridgehead atoms. The summed E-state index contributed by atoms with van der Waals surface area (Å²) in [5.74, 6) is -0.0194. The van der Waals surface area contributed by atoms with E-state index in [0.29, 0.717) is 12.8 Å². The molecule has 7 heteroatoms. The number of nitrogens with zero attached hydrogens (tertiary/aromatic N) is 3. The van der Waals surface area contributed by atoms with Crippen LogP contribution in [0, 0.1) is 0 Å². The standard InChI is InChI=1S/C15H21N5O.ClH/c1-11(16)8-9-15(21)17-12(2)14-10-20(19-18-14)13-6-4-3-5-7-13;/h3-7,10-12H,8-9,16H2,1-2H3,(H,17,21);1H. The van der Waals surface area contributed by atoms with Crippen molar-refractivity contribution in [3.63, 3.8) is 0 Å². The normalized spacial score (nSPS) is 13.0. The zero-order valence-electron chi connectivity index (χ0n) is 12.8. The third-order valence-electron chi connectivity index (χ3n) is 3.18. The van der Waals surface area contributed by atoms with Crippen molar-refractivity contribution < 1.29 is 4.79 Å². The van der Waals surface area contributed by atoms with E-state index in [9.17, 15) is 4.79 Å². The molecule has 120 valence electrons. The number of carbonyl (C=O) groups excluding carboxylic acids is 1. The molecule has 0 spiro atoms. The van der Waals surface area contributed by atoms with Gasteiger partial charge >= 0.3 is 0 Å². The van der Waals surface area contributed by atoms with Crippen LogP contribution in [0.4, 0.5) is 0 Å². The van der Waals surface area contributed by atoms with Gasteiger partial charge in [0, 0.05) is 12.5 Å². The second kappa shape index (κ2) is 8.51. The Hall–Kier alpha value is -1.92. The number of halogens is 1. The maximum Gasteiger partial charge on any atom is 0.220 e. The molecule has 2 unspecified atom stereocenters. The van der Waals surface area contributed by atoms with Gasteiger partial charge in [-0.25, -0.2) is 4.68 Å². The maximum absolute atomic E-state index is 11.8. The molecule has 1 heterocycles. The van der Waals surface area contributed by atoms with Crippen LogP contribution in [0.1, 0.15) is 38.4 Å². The predicted molar refractivity (Wildman–Crippen MR) is 88.0 cm³/mol. The lowest BCUT2D eigenvalue weighted by Crippen LogP contribution is -2.28. The van der Waals surface area contributed by atoms with Gasteiger partial charge in [0.1, 0.15) is 5.69 Å². The third-order valence-corrected chi connectivity index (χ3v) is 3.18. The molecule has 2 atom stereocenters. The van der Waals surface area contributed by atoms with E-state index in [4.69, 9.17) is 5.73 Å². The van der Waals surface area contributed by atoms with Gasteiger partial charge in [0.25, 0.3) is 0 Å². The van der Waals surface area contributed by atoms with E-state index in [2.05, 4.69) is 15.6 Å². The van der Waals surface area contributed by atoms with Crippen molar-refractivity contribution in [2.45, 2.75) is 38.8 Å². The molecule has 1 amide bonds. The van der Waals surface area contributed by atoms with Gasteiger partial charge in [-0.2, -0.15) is 0 Å². The highest BCUT2D eigenvalue weighted by Gasteiger charge is 2.13. The highest BCUT2D eigenvalue weighted by molar-refractivity contribution is 5.85. The zero-order valence-corrected chi connectivity index (χ0v) is 13.6. The van der Waals surface area contributed by atoms with E-state index in [1.54, 1.807) is 4.68 Å². The maximum atomic E-state index is 11.8. The number of carbonyl (C=O) groups is 1. The summed E-state index contributed by atoms with van der Waals surface area (Å²) in [5.41, 5.74) is 7.31. The van der Waals surface area contributed by atoms with Crippen LogP contribution in [-0.4, -0.2) is 26.9 Å². The lowest BCUT2D eigenvalue weighted by atomic mass is 10.1. The Bertz CT molecular complexity index is 585. The summed E-state index contributed by atoms with van der Waals surface area (Å²) < 4.78 is 1.69. The van der Waals surface area contributed by atoms with Crippen LogP contribution in [0.5, 0.6) is 0 Å². The fraction of sp³-hybridized carbons (Fsp3) is 0.400. The van der Waals surface area contributed by atoms with E-state index < -0.39 is 0 Å². The smallest absolute Gasteiger partial charge is 0.220 e. The number of nitrogens with one attached hydrogen (secondary N) is 1. The van der Waals surface area contributed by atoms with Gasteiger partial charge in [0.2, 0.25) is 5.91 Å². The number of hydrogen-bond acceptors (Lipinski definition) is 4. The highest BCUT2D eigenvalue weighted by Crippen LogP contribution is 2.12. The summed E-state index contributed by atoms with van der Waals surface area (Å²) in [4.78, 5) is 11.8. The van der Waals surface area contributed by atoms with Crippen LogP contribution in [0.25, 0.3) is 5.69 Å². The van der Waals surface area contributed by atoms with E-state index >= 15 is 0 Å². The van der Waals surface area contributed by atoms with Gasteiger partial charge in [-0.05, 0) is 32.4 Å². The molecule has 1 aromatic carbocycles. The van der Waals surface area contributed by atoms with Crippen LogP contribution in [0.2, 0.25) is 0 Å². The topological polar surface area (TPSA) is 85.8 Å². The van der Waals surface area contributed by atoms with Gasteiger partial charge in [-0.3, -0.25) is 4.79 Å². The first-order valence-electron chi connectivity index (χ1n) is 7.09. The van der Waals surface area contributed by atoms with E-state index in [1.807, 2.05) is 50.4 Å². The molecule has 22 heavy (non-hydrogen) atoms. The summed E-state index contributed by atoms with van der Waals surface area (Å²) >= 11 is 0. The quantitative estimate of drug-likeness (QED) is 0.851. The van der Waals surface area contributed by atoms with E-state index in [0.717, 1.165) is 11.4 Å². The van der Waals surface area contributed by atoms with Gasteiger partial charge in [-0.15, -0.1) is 17.5 Å². The number of benzene rings is 1. The van der Waals surface area contributed by atoms with E-state index in [1.165, 1.54) is 0 Å². The molecular weight excluding hydrogens is 302 g/mol. The van der Waals surface area contributed by atoms with Crippen LogP contribution in [0.15, 0.2) is 36.5 Å². The van der Waals surface area contributed by atoms with Crippen molar-refractivity contribution in [2.75, 3.05) is 0 Å². The fourth-order valence-corrected chi connectivity index (χ4v) is 1.93. The minimum absolute atomic E-state index is 0. The van der Waals surface area contributed by atoms with E-state index in [-0.39, 0.29) is 30.4 Å². The number of rotatable bonds is 6. The van der Waals surface area contributed by atoms with Crippen LogP contribution < -0.4 is 11.1 Å². The second-order valence-corrected chi connectivity index (χ2v) is 5.23. The Balaban J connectivity index is 0.00000242. The van der Waals surface area contributed by atoms with Crippen LogP contribution in [-0.2, 0) is 4.79 Å². The number of aromatic nitrogens is 3. The Morgan fingerprint density at radius 3 is 2.64 bits per heavy atom. The monoisotopic (exact) mass is 323 g/mol. The average Bonchev–Trinajstić information content (AvgIpc) is 2.96. The largest absolute Gasteiger partial charge is 0.348 e. The third kappa shape index (κ3) is 5.13. The van der Waals surface area contributed by atoms with Gasteiger partial charge in [0.15, 0.2) is 0 Å². The van der Waals surface area contributed by atoms with Crippen molar-refractivity contribution >= 4 is 18.3 Å². The molecule has 1 aromatic heterocycles. The van der Waals surface area contributed by atoms with Gasteiger partial charge in [0.05, 0.1) is 17.9 Å². The first-order valence-corrected chi connectivity index (χ1v) is 7.09. The summed E-state index contributed by atoms with van der Waals surface area (Å²) in [5, 5.41) is 11.1. The summed E-state index contributed by atoms with van der Waals surface area (Å²) in [6.45, 7) is 3.78. The molecule has 0 aliphatic carbocycles. The van der Waals surface area contributed by atoms with Crippen molar-refractivity contribution in [2.24, 2.45) is 5.73 Å². The first-order chi connectivity index (χ1) is 10.1. The lowest BCUT2D eigenvalue weighted by Gasteiger charge is -2.11. The minimum Gasteiger partial charge on any atom is -0.348 e. The summed E-state index contributed by atoms with van der Waals surface area (Å²) in [6, 6.07) is 9.58. The molecule has 2 aromatic rings. The highest BCUT2D eigenvalue weighted by atomic mass is 35.5. The Morgan fingerprint density at radius 1 is 1.32 bits per heavy atom. The molecule has 0 radical (unpaired) electrons. The Kier molecular flexibility index (Phi) is 7.01. The summed E-state index contributed by atoms with van der Waals surface area (Å²) in [6.07, 6.45) is 2.93. The molecule has 3 N–H and O–H groups in total. The van der Waals surface area contributed by atoms with Gasteiger partial charge in [-0.1, -0.05) is 23.4 Å². The number of hydrogen-bond donors (Lipinski definition) is 2. The fourth-order valence-electron chi connectivity index (χ4n) is 1.93. The molecule has 0 saturated heterocycles. The predicted octanol–water partition coefficient (Wildman–Crippen LogP) is 1.99. The number of para-hydroxylation sites is 1.